The van der Waals surface area contributed by atoms with Crippen LogP contribution in [0.3, 0.4) is 0 Å². The summed E-state index contributed by atoms with van der Waals surface area (Å²) in [4.78, 5) is 91.3. The van der Waals surface area contributed by atoms with Crippen LogP contribution in [0.4, 0.5) is 0 Å². The van der Waals surface area contributed by atoms with E-state index in [9.17, 15) is 28.8 Å². The van der Waals surface area contributed by atoms with Crippen LogP contribution in [-0.2, 0) is 47.7 Å². The molecule has 24 nitrogen and oxygen atoms in total. The SMILES string of the molecule is COc1cc([C@H](I)C(=O)N2CCCC[C@H]2C(=O)O[C@H](CCN2CCOCC2)c2cccc(OCC(=O)NCCNC(=O)COc3cccc([C@@H](CCN4CCOCC4)OC(=O)[C@@H]4CCCCN4C(=O)[C@@H](I)c4cc(OC)c(OC)c(OC)c4)c3)c2)cc(OC)c1OC. The second-order valence-corrected chi connectivity index (χ2v) is 25.0. The van der Waals surface area contributed by atoms with Gasteiger partial charge in [-0.3, -0.25) is 29.0 Å². The molecule has 4 aromatic rings. The smallest absolute Gasteiger partial charge is 0.329 e. The van der Waals surface area contributed by atoms with Gasteiger partial charge in [-0.05, 0) is 109 Å². The van der Waals surface area contributed by atoms with E-state index in [-0.39, 0.29) is 38.1 Å². The molecule has 4 aliphatic rings. The van der Waals surface area contributed by atoms with Crippen LogP contribution >= 0.6 is 45.2 Å². The van der Waals surface area contributed by atoms with Crippen molar-refractivity contribution in [1.29, 1.82) is 0 Å². The molecule has 0 aliphatic carbocycles. The number of hydrogen-bond donors (Lipinski definition) is 2. The monoisotopic (exact) mass is 1500 g/mol. The number of carbonyl (C=O) groups excluding carboxylic acids is 6. The molecule has 2 N–H and O–H groups in total. The van der Waals surface area contributed by atoms with Crippen LogP contribution in [0.2, 0.25) is 0 Å². The zero-order chi connectivity index (χ0) is 65.5. The van der Waals surface area contributed by atoms with Gasteiger partial charge in [0.05, 0.1) is 69.1 Å². The van der Waals surface area contributed by atoms with Gasteiger partial charge in [0.25, 0.3) is 11.8 Å². The number of benzene rings is 4. The van der Waals surface area contributed by atoms with Gasteiger partial charge in [0, 0.05) is 78.3 Å². The molecule has 4 amide bonds. The highest BCUT2D eigenvalue weighted by Gasteiger charge is 2.40. The van der Waals surface area contributed by atoms with Crippen molar-refractivity contribution >= 4 is 80.7 Å². The zero-order valence-electron chi connectivity index (χ0n) is 53.3. The van der Waals surface area contributed by atoms with Gasteiger partial charge >= 0.3 is 11.9 Å². The van der Waals surface area contributed by atoms with Crippen LogP contribution in [0.1, 0.15) is 93.7 Å². The number of nitrogens with one attached hydrogen (secondary N) is 2. The lowest BCUT2D eigenvalue weighted by atomic mass is 10.00. The predicted molar refractivity (Wildman–Crippen MR) is 356 cm³/mol. The Hall–Kier alpha value is -6.60. The van der Waals surface area contributed by atoms with E-state index >= 15 is 0 Å². The van der Waals surface area contributed by atoms with Crippen LogP contribution in [0.25, 0.3) is 0 Å². The van der Waals surface area contributed by atoms with E-state index in [0.29, 0.717) is 147 Å². The summed E-state index contributed by atoms with van der Waals surface area (Å²) in [6.07, 6.45) is 3.36. The van der Waals surface area contributed by atoms with E-state index in [0.717, 1.165) is 51.9 Å². The summed E-state index contributed by atoms with van der Waals surface area (Å²) in [5.41, 5.74) is 2.61. The number of hydrogen-bond acceptors (Lipinski definition) is 20. The first-order chi connectivity index (χ1) is 44.7. The van der Waals surface area contributed by atoms with E-state index < -0.39 is 55.9 Å². The first kappa shape index (κ1) is 71.3. The number of carbonyl (C=O) groups is 6. The number of halogens is 2. The molecule has 0 bridgehead atoms. The fourth-order valence-electron chi connectivity index (χ4n) is 11.6. The fraction of sp³-hybridized carbons (Fsp3) is 0.545. The Labute approximate surface area is 565 Å². The first-order valence-corrected chi connectivity index (χ1v) is 33.6. The van der Waals surface area contributed by atoms with E-state index in [1.54, 1.807) is 70.5 Å². The maximum atomic E-state index is 14.4. The Morgan fingerprint density at radius 3 is 1.21 bits per heavy atom. The van der Waals surface area contributed by atoms with Crippen molar-refractivity contribution in [3.63, 3.8) is 0 Å². The van der Waals surface area contributed by atoms with Gasteiger partial charge in [-0.15, -0.1) is 0 Å². The second-order valence-electron chi connectivity index (χ2n) is 22.5. The number of morpholine rings is 2. The first-order valence-electron chi connectivity index (χ1n) is 31.2. The average Bonchev–Trinajstić information content (AvgIpc) is 0.846. The summed E-state index contributed by atoms with van der Waals surface area (Å²) < 4.78 is 67.8. The van der Waals surface area contributed by atoms with Crippen LogP contribution in [0.15, 0.2) is 72.8 Å². The number of nitrogens with zero attached hydrogens (tertiary/aromatic N) is 4. The molecule has 0 aromatic heterocycles. The topological polar surface area (TPSA) is 250 Å². The molecule has 4 aliphatic heterocycles. The molecule has 26 heteroatoms. The molecule has 8 rings (SSSR count). The Morgan fingerprint density at radius 2 is 0.859 bits per heavy atom. The molecule has 0 unspecified atom stereocenters. The van der Waals surface area contributed by atoms with E-state index in [2.05, 4.69) is 65.6 Å². The summed E-state index contributed by atoms with van der Waals surface area (Å²) in [6.45, 7) is 6.94. The van der Waals surface area contributed by atoms with Gasteiger partial charge in [-0.25, -0.2) is 9.59 Å². The quantitative estimate of drug-likeness (QED) is 0.0219. The van der Waals surface area contributed by atoms with Crippen molar-refractivity contribution in [3.8, 4) is 46.0 Å². The third-order valence-corrected chi connectivity index (χ3v) is 19.1. The van der Waals surface area contributed by atoms with Crippen LogP contribution in [-0.4, -0.2) is 215 Å². The fourth-order valence-corrected chi connectivity index (χ4v) is 13.1. The summed E-state index contributed by atoms with van der Waals surface area (Å²) in [5.74, 6) is 0.920. The summed E-state index contributed by atoms with van der Waals surface area (Å²) >= 11 is 4.17. The van der Waals surface area contributed by atoms with Crippen LogP contribution in [0, 0.1) is 0 Å². The Kier molecular flexibility index (Phi) is 28.0. The van der Waals surface area contributed by atoms with E-state index in [1.165, 1.54) is 42.7 Å². The van der Waals surface area contributed by atoms with Crippen molar-refractivity contribution in [2.75, 3.05) is 148 Å². The van der Waals surface area contributed by atoms with Crippen molar-refractivity contribution in [2.24, 2.45) is 0 Å². The highest BCUT2D eigenvalue weighted by molar-refractivity contribution is 14.1. The lowest BCUT2D eigenvalue weighted by molar-refractivity contribution is -0.162. The van der Waals surface area contributed by atoms with Crippen LogP contribution in [0.5, 0.6) is 46.0 Å². The molecular formula is C66H86I2N6O18. The van der Waals surface area contributed by atoms with Gasteiger partial charge < -0.3 is 77.3 Å². The van der Waals surface area contributed by atoms with Gasteiger partial charge in [-0.1, -0.05) is 69.4 Å². The van der Waals surface area contributed by atoms with E-state index in [1.807, 2.05) is 12.1 Å². The highest BCUT2D eigenvalue weighted by Crippen LogP contribution is 2.44. The molecule has 4 heterocycles. The number of piperidine rings is 2. The van der Waals surface area contributed by atoms with Gasteiger partial charge in [0.15, 0.2) is 36.2 Å². The van der Waals surface area contributed by atoms with Gasteiger partial charge in [0.1, 0.15) is 43.6 Å². The van der Waals surface area contributed by atoms with Crippen molar-refractivity contribution in [3.05, 3.63) is 95.1 Å². The number of methoxy groups -OCH3 is 6. The normalized spacial score (nSPS) is 18.4. The summed E-state index contributed by atoms with van der Waals surface area (Å²) in [5, 5.41) is 5.54. The molecule has 4 saturated heterocycles. The molecule has 6 atom stereocenters. The Balaban J connectivity index is 0.831. The minimum absolute atomic E-state index is 0.105. The Morgan fingerprint density at radius 1 is 0.489 bits per heavy atom. The molecule has 92 heavy (non-hydrogen) atoms. The van der Waals surface area contributed by atoms with E-state index in [4.69, 9.17) is 56.8 Å². The third kappa shape index (κ3) is 19.5. The number of esters is 2. The molecule has 4 aromatic carbocycles. The van der Waals surface area contributed by atoms with Crippen molar-refractivity contribution in [2.45, 2.75) is 83.5 Å². The molecule has 4 fully saturated rings. The number of amides is 4. The zero-order valence-corrected chi connectivity index (χ0v) is 57.6. The van der Waals surface area contributed by atoms with Gasteiger partial charge in [-0.2, -0.15) is 0 Å². The molecule has 0 radical (unpaired) electrons. The maximum Gasteiger partial charge on any atom is 0.329 e. The second kappa shape index (κ2) is 36.2. The average molecular weight is 1510 g/mol. The molecule has 502 valence electrons. The minimum Gasteiger partial charge on any atom is -0.493 e. The highest BCUT2D eigenvalue weighted by atomic mass is 127. The summed E-state index contributed by atoms with van der Waals surface area (Å²) in [7, 11) is 9.09. The van der Waals surface area contributed by atoms with Gasteiger partial charge in [0.2, 0.25) is 23.3 Å². The number of rotatable bonds is 31. The standard InChI is InChI=1S/C66H86I2N6O18/c1-81-53-37-45(38-54(82-2)61(53)85-5)59(67)63(77)73-23-9-7-17-49(73)65(79)91-51(19-25-71-27-31-87-32-28-71)43-13-11-15-47(35-43)89-41-57(75)69-21-22-70-58(76)42-90-48-16-12-14-44(36-48)52(20-26-72-29-33-88-34-30-72)92-66(80)50-18-8-10-24-74(50)64(78)60(68)46-39-55(83-3)62(86-6)56(40-46)84-4/h11-16,35-40,49-52,59-60H,7-10,17-34,41-42H2,1-6H3,(H,69,75)(H,70,76)/t49-,50-,51+,52+,59-,60-/m0/s1. The Bertz CT molecular complexity index is 2860. The number of likely N-dealkylation sites (tertiary alicyclic amines) is 2. The largest absolute Gasteiger partial charge is 0.493 e. The van der Waals surface area contributed by atoms with Crippen molar-refractivity contribution in [1.82, 2.24) is 30.2 Å². The summed E-state index contributed by atoms with van der Waals surface area (Å²) in [6, 6.07) is 19.5. The van der Waals surface area contributed by atoms with Crippen LogP contribution < -0.4 is 48.5 Å². The lowest BCUT2D eigenvalue weighted by Crippen LogP contribution is -2.50. The third-order valence-electron chi connectivity index (χ3n) is 16.6. The molecule has 0 spiro atoms. The number of alkyl halides is 2. The lowest BCUT2D eigenvalue weighted by Gasteiger charge is -2.36. The predicted octanol–water partition coefficient (Wildman–Crippen LogP) is 7.16. The molecule has 0 saturated carbocycles. The molecular weight excluding hydrogens is 1420 g/mol. The maximum absolute atomic E-state index is 14.4. The van der Waals surface area contributed by atoms with Crippen molar-refractivity contribution < 1.29 is 85.6 Å². The minimum atomic E-state index is -0.811. The number of ether oxygens (including phenoxy) is 12.